The zero-order valence-corrected chi connectivity index (χ0v) is 11.6. The van der Waals surface area contributed by atoms with Crippen molar-refractivity contribution in [1.29, 1.82) is 0 Å². The topological polar surface area (TPSA) is 50.4 Å². The fourth-order valence-electron chi connectivity index (χ4n) is 1.70. The highest BCUT2D eigenvalue weighted by Gasteiger charge is 2.21. The average Bonchev–Trinajstić information content (AvgIpc) is 2.26. The number of nitrogens with zero attached hydrogens (tertiary/aromatic N) is 1. The van der Waals surface area contributed by atoms with Crippen LogP contribution in [0.5, 0.6) is 0 Å². The molecule has 1 aliphatic rings. The SMILES string of the molecule is C[C@@H]1C/C(=N/NC(N)=S)c2cc(Cl)ccc2S1. The van der Waals surface area contributed by atoms with E-state index in [0.717, 1.165) is 17.7 Å². The second-order valence-electron chi connectivity index (χ2n) is 3.81. The van der Waals surface area contributed by atoms with Crippen molar-refractivity contribution >= 4 is 46.4 Å². The van der Waals surface area contributed by atoms with Gasteiger partial charge in [0.05, 0.1) is 5.71 Å². The molecule has 0 unspecified atom stereocenters. The third kappa shape index (κ3) is 3.12. The molecule has 0 aromatic heterocycles. The first-order chi connectivity index (χ1) is 8.06. The first-order valence-corrected chi connectivity index (χ1v) is 6.81. The first kappa shape index (κ1) is 12.7. The van der Waals surface area contributed by atoms with E-state index < -0.39 is 0 Å². The lowest BCUT2D eigenvalue weighted by atomic mass is 10.1. The molecule has 0 radical (unpaired) electrons. The number of hydrogen-bond acceptors (Lipinski definition) is 3. The molecule has 0 fully saturated rings. The van der Waals surface area contributed by atoms with Gasteiger partial charge in [-0.15, -0.1) is 11.8 Å². The third-order valence-corrected chi connectivity index (χ3v) is 3.87. The highest BCUT2D eigenvalue weighted by atomic mass is 35.5. The van der Waals surface area contributed by atoms with Gasteiger partial charge in [-0.1, -0.05) is 18.5 Å². The maximum atomic E-state index is 6.01. The molecule has 0 saturated heterocycles. The summed E-state index contributed by atoms with van der Waals surface area (Å²) in [5.74, 6) is 0. The minimum Gasteiger partial charge on any atom is -0.375 e. The van der Waals surface area contributed by atoms with Crippen LogP contribution in [0, 0.1) is 0 Å². The Morgan fingerprint density at radius 3 is 3.12 bits per heavy atom. The summed E-state index contributed by atoms with van der Waals surface area (Å²) in [7, 11) is 0. The average molecular weight is 286 g/mol. The van der Waals surface area contributed by atoms with Gasteiger partial charge in [0.2, 0.25) is 0 Å². The van der Waals surface area contributed by atoms with E-state index in [9.17, 15) is 0 Å². The lowest BCUT2D eigenvalue weighted by molar-refractivity contribution is 0.949. The Morgan fingerprint density at radius 2 is 2.41 bits per heavy atom. The van der Waals surface area contributed by atoms with Crippen LogP contribution in [0.3, 0.4) is 0 Å². The zero-order chi connectivity index (χ0) is 12.4. The van der Waals surface area contributed by atoms with Crippen molar-refractivity contribution in [2.45, 2.75) is 23.5 Å². The quantitative estimate of drug-likeness (QED) is 0.615. The molecule has 3 N–H and O–H groups in total. The van der Waals surface area contributed by atoms with Crippen molar-refractivity contribution in [2.24, 2.45) is 10.8 Å². The van der Waals surface area contributed by atoms with Crippen molar-refractivity contribution in [2.75, 3.05) is 0 Å². The molecule has 17 heavy (non-hydrogen) atoms. The molecule has 0 saturated carbocycles. The van der Waals surface area contributed by atoms with E-state index in [-0.39, 0.29) is 5.11 Å². The summed E-state index contributed by atoms with van der Waals surface area (Å²) in [6.07, 6.45) is 0.869. The van der Waals surface area contributed by atoms with Gasteiger partial charge in [-0.25, -0.2) is 0 Å². The monoisotopic (exact) mass is 285 g/mol. The molecule has 1 aliphatic heterocycles. The molecule has 1 heterocycles. The molecule has 0 spiro atoms. The van der Waals surface area contributed by atoms with Crippen LogP contribution in [-0.4, -0.2) is 16.1 Å². The number of halogens is 1. The van der Waals surface area contributed by atoms with Crippen LogP contribution < -0.4 is 11.2 Å². The minimum absolute atomic E-state index is 0.173. The van der Waals surface area contributed by atoms with E-state index in [0.29, 0.717) is 10.3 Å². The molecule has 0 aliphatic carbocycles. The number of rotatable bonds is 1. The van der Waals surface area contributed by atoms with Crippen LogP contribution in [0.25, 0.3) is 0 Å². The Labute approximate surface area is 115 Å². The van der Waals surface area contributed by atoms with Gasteiger partial charge >= 0.3 is 0 Å². The highest BCUT2D eigenvalue weighted by molar-refractivity contribution is 8.00. The summed E-state index contributed by atoms with van der Waals surface area (Å²) < 4.78 is 0. The number of nitrogens with one attached hydrogen (secondary N) is 1. The van der Waals surface area contributed by atoms with Crippen molar-refractivity contribution < 1.29 is 0 Å². The predicted molar refractivity (Wildman–Crippen MR) is 77.8 cm³/mol. The van der Waals surface area contributed by atoms with Gasteiger partial charge in [0, 0.05) is 27.2 Å². The van der Waals surface area contributed by atoms with Gasteiger partial charge in [0.25, 0.3) is 0 Å². The van der Waals surface area contributed by atoms with Crippen molar-refractivity contribution in [3.8, 4) is 0 Å². The lowest BCUT2D eigenvalue weighted by Crippen LogP contribution is -2.27. The van der Waals surface area contributed by atoms with E-state index >= 15 is 0 Å². The molecule has 0 amide bonds. The van der Waals surface area contributed by atoms with Crippen LogP contribution in [-0.2, 0) is 0 Å². The maximum Gasteiger partial charge on any atom is 0.184 e. The van der Waals surface area contributed by atoms with E-state index in [1.54, 1.807) is 0 Å². The van der Waals surface area contributed by atoms with Crippen LogP contribution in [0.4, 0.5) is 0 Å². The van der Waals surface area contributed by atoms with Crippen LogP contribution in [0.15, 0.2) is 28.2 Å². The minimum atomic E-state index is 0.173. The number of hydrogen-bond donors (Lipinski definition) is 2. The number of thioether (sulfide) groups is 1. The molecule has 6 heteroatoms. The number of hydrazone groups is 1. The second kappa shape index (κ2) is 5.25. The summed E-state index contributed by atoms with van der Waals surface area (Å²) >= 11 is 12.6. The summed E-state index contributed by atoms with van der Waals surface area (Å²) in [6, 6.07) is 5.84. The Hall–Kier alpha value is -0.780. The van der Waals surface area contributed by atoms with Crippen molar-refractivity contribution in [3.05, 3.63) is 28.8 Å². The molecule has 0 bridgehead atoms. The summed E-state index contributed by atoms with van der Waals surface area (Å²) in [5.41, 5.74) is 10.0. The van der Waals surface area contributed by atoms with Crippen LogP contribution in [0.2, 0.25) is 5.02 Å². The molecule has 3 nitrogen and oxygen atoms in total. The van der Waals surface area contributed by atoms with Gasteiger partial charge in [-0.2, -0.15) is 5.10 Å². The zero-order valence-electron chi connectivity index (χ0n) is 9.24. The number of benzene rings is 1. The summed E-state index contributed by atoms with van der Waals surface area (Å²) in [4.78, 5) is 1.19. The highest BCUT2D eigenvalue weighted by Crippen LogP contribution is 2.36. The van der Waals surface area contributed by atoms with Crippen LogP contribution in [0.1, 0.15) is 18.9 Å². The van der Waals surface area contributed by atoms with Gasteiger partial charge in [-0.05, 0) is 30.4 Å². The largest absolute Gasteiger partial charge is 0.375 e. The molecule has 1 aromatic carbocycles. The van der Waals surface area contributed by atoms with Gasteiger partial charge in [0.15, 0.2) is 5.11 Å². The Bertz CT molecular complexity index is 488. The fourth-order valence-corrected chi connectivity index (χ4v) is 3.04. The van der Waals surface area contributed by atoms with E-state index in [1.165, 1.54) is 4.90 Å². The molecule has 1 aromatic rings. The maximum absolute atomic E-state index is 6.01. The fraction of sp³-hybridized carbons (Fsp3) is 0.273. The summed E-state index contributed by atoms with van der Waals surface area (Å²) in [6.45, 7) is 2.17. The first-order valence-electron chi connectivity index (χ1n) is 5.15. The van der Waals surface area contributed by atoms with Crippen molar-refractivity contribution in [1.82, 2.24) is 5.43 Å². The number of fused-ring (bicyclic) bond motifs is 1. The van der Waals surface area contributed by atoms with E-state index in [1.807, 2.05) is 30.0 Å². The molecule has 1 atom stereocenters. The normalized spacial score (nSPS) is 21.1. The van der Waals surface area contributed by atoms with Gasteiger partial charge in [-0.3, -0.25) is 5.43 Å². The smallest absolute Gasteiger partial charge is 0.184 e. The Balaban J connectivity index is 2.39. The van der Waals surface area contributed by atoms with Gasteiger partial charge < -0.3 is 5.73 Å². The van der Waals surface area contributed by atoms with Gasteiger partial charge in [0.1, 0.15) is 0 Å². The van der Waals surface area contributed by atoms with Crippen molar-refractivity contribution in [3.63, 3.8) is 0 Å². The number of thiocarbonyl (C=S) groups is 1. The standard InChI is InChI=1S/C11H12ClN3S2/c1-6-4-9(14-15-11(13)16)8-5-7(12)2-3-10(8)17-6/h2-3,5-6H,4H2,1H3,(H3,13,15,16)/b14-9-/t6-/m1/s1. The second-order valence-corrected chi connectivity index (χ2v) is 6.16. The predicted octanol–water partition coefficient (Wildman–Crippen LogP) is 2.76. The van der Waals surface area contributed by atoms with Crippen LogP contribution >= 0.6 is 35.6 Å². The number of nitrogens with two attached hydrogens (primary N) is 1. The van der Waals surface area contributed by atoms with E-state index in [4.69, 9.17) is 29.6 Å². The molecule has 90 valence electrons. The third-order valence-electron chi connectivity index (χ3n) is 2.36. The molecule has 2 rings (SSSR count). The Morgan fingerprint density at radius 1 is 1.65 bits per heavy atom. The Kier molecular flexibility index (Phi) is 3.91. The summed E-state index contributed by atoms with van der Waals surface area (Å²) in [5, 5.41) is 5.61. The molecular formula is C11H12ClN3S2. The van der Waals surface area contributed by atoms with E-state index in [2.05, 4.69) is 17.5 Å². The lowest BCUT2D eigenvalue weighted by Gasteiger charge is -2.22. The molecular weight excluding hydrogens is 274 g/mol.